The Labute approximate surface area is 95.9 Å². The first kappa shape index (κ1) is 12.4. The first-order valence-corrected chi connectivity index (χ1v) is 5.30. The highest BCUT2D eigenvalue weighted by Gasteiger charge is 2.14. The Balaban J connectivity index is 2.72. The summed E-state index contributed by atoms with van der Waals surface area (Å²) in [6.45, 7) is 4.85. The van der Waals surface area contributed by atoms with Gasteiger partial charge >= 0.3 is 0 Å². The lowest BCUT2D eigenvalue weighted by atomic mass is 10.2. The van der Waals surface area contributed by atoms with Crippen LogP contribution in [0.2, 0.25) is 0 Å². The zero-order chi connectivity index (χ0) is 12.1. The van der Waals surface area contributed by atoms with Crippen LogP contribution in [0.25, 0.3) is 0 Å². The van der Waals surface area contributed by atoms with Crippen LogP contribution >= 0.6 is 0 Å². The zero-order valence-electron chi connectivity index (χ0n) is 10.2. The first-order chi connectivity index (χ1) is 7.54. The van der Waals surface area contributed by atoms with Crippen LogP contribution in [0.1, 0.15) is 24.3 Å². The second-order valence-corrected chi connectivity index (χ2v) is 4.12. The van der Waals surface area contributed by atoms with Crippen molar-refractivity contribution >= 4 is 11.7 Å². The van der Waals surface area contributed by atoms with Gasteiger partial charge in [0.05, 0.1) is 12.4 Å². The summed E-state index contributed by atoms with van der Waals surface area (Å²) >= 11 is 0. The van der Waals surface area contributed by atoms with Crippen LogP contribution in [-0.4, -0.2) is 41.4 Å². The molecule has 5 nitrogen and oxygen atoms in total. The molecule has 1 aromatic rings. The van der Waals surface area contributed by atoms with Crippen molar-refractivity contribution < 1.29 is 4.79 Å². The van der Waals surface area contributed by atoms with Gasteiger partial charge in [-0.3, -0.25) is 4.79 Å². The SMILES string of the molecule is CNc1cnc(C(=O)N(C)CC(C)C)cn1. The minimum Gasteiger partial charge on any atom is -0.372 e. The van der Waals surface area contributed by atoms with Gasteiger partial charge in [-0.25, -0.2) is 9.97 Å². The standard InChI is InChI=1S/C11H18N4O/c1-8(2)7-15(4)11(16)9-5-14-10(12-3)6-13-9/h5-6,8H,7H2,1-4H3,(H,12,14). The quantitative estimate of drug-likeness (QED) is 0.833. The van der Waals surface area contributed by atoms with Crippen molar-refractivity contribution in [3.63, 3.8) is 0 Å². The normalized spacial score (nSPS) is 10.3. The molecule has 1 heterocycles. The molecule has 1 amide bonds. The van der Waals surface area contributed by atoms with Crippen molar-refractivity contribution in [1.82, 2.24) is 14.9 Å². The number of carbonyl (C=O) groups excluding carboxylic acids is 1. The summed E-state index contributed by atoms with van der Waals surface area (Å²) in [6.07, 6.45) is 3.04. The van der Waals surface area contributed by atoms with Crippen molar-refractivity contribution in [3.05, 3.63) is 18.1 Å². The molecule has 0 saturated carbocycles. The molecule has 0 aliphatic heterocycles. The topological polar surface area (TPSA) is 58.1 Å². The minimum absolute atomic E-state index is 0.0937. The summed E-state index contributed by atoms with van der Waals surface area (Å²) in [5.41, 5.74) is 0.377. The third-order valence-electron chi connectivity index (χ3n) is 2.11. The Morgan fingerprint density at radius 2 is 2.12 bits per heavy atom. The number of nitrogens with zero attached hydrogens (tertiary/aromatic N) is 3. The Morgan fingerprint density at radius 3 is 2.56 bits per heavy atom. The highest BCUT2D eigenvalue weighted by molar-refractivity contribution is 5.91. The highest BCUT2D eigenvalue weighted by Crippen LogP contribution is 2.04. The predicted octanol–water partition coefficient (Wildman–Crippen LogP) is 1.25. The molecule has 5 heteroatoms. The number of carbonyl (C=O) groups is 1. The molecule has 0 radical (unpaired) electrons. The predicted molar refractivity (Wildman–Crippen MR) is 63.4 cm³/mol. The molecular formula is C11H18N4O. The zero-order valence-corrected chi connectivity index (χ0v) is 10.2. The number of nitrogens with one attached hydrogen (secondary N) is 1. The fourth-order valence-electron chi connectivity index (χ4n) is 1.39. The number of aromatic nitrogens is 2. The van der Waals surface area contributed by atoms with Crippen molar-refractivity contribution in [1.29, 1.82) is 0 Å². The van der Waals surface area contributed by atoms with E-state index in [0.717, 1.165) is 0 Å². The average molecular weight is 222 g/mol. The Hall–Kier alpha value is -1.65. The van der Waals surface area contributed by atoms with Gasteiger partial charge in [0.25, 0.3) is 5.91 Å². The van der Waals surface area contributed by atoms with Crippen molar-refractivity contribution in [3.8, 4) is 0 Å². The van der Waals surface area contributed by atoms with E-state index in [0.29, 0.717) is 24.0 Å². The largest absolute Gasteiger partial charge is 0.372 e. The molecule has 1 N–H and O–H groups in total. The second kappa shape index (κ2) is 5.44. The number of amides is 1. The van der Waals surface area contributed by atoms with E-state index in [1.807, 2.05) is 0 Å². The Morgan fingerprint density at radius 1 is 1.44 bits per heavy atom. The van der Waals surface area contributed by atoms with E-state index in [2.05, 4.69) is 29.1 Å². The second-order valence-electron chi connectivity index (χ2n) is 4.12. The van der Waals surface area contributed by atoms with Crippen LogP contribution in [0.5, 0.6) is 0 Å². The summed E-state index contributed by atoms with van der Waals surface area (Å²) in [5, 5.41) is 2.86. The summed E-state index contributed by atoms with van der Waals surface area (Å²) in [7, 11) is 3.53. The maximum atomic E-state index is 11.9. The van der Waals surface area contributed by atoms with Crippen molar-refractivity contribution in [2.75, 3.05) is 26.0 Å². The van der Waals surface area contributed by atoms with Gasteiger partial charge in [-0.2, -0.15) is 0 Å². The molecule has 0 saturated heterocycles. The van der Waals surface area contributed by atoms with E-state index in [9.17, 15) is 4.79 Å². The van der Waals surface area contributed by atoms with Gasteiger partial charge in [0.1, 0.15) is 11.5 Å². The van der Waals surface area contributed by atoms with Crippen LogP contribution in [0.15, 0.2) is 12.4 Å². The summed E-state index contributed by atoms with van der Waals surface area (Å²) in [5.74, 6) is 1.01. The molecule has 16 heavy (non-hydrogen) atoms. The molecule has 0 fully saturated rings. The summed E-state index contributed by atoms with van der Waals surface area (Å²) in [6, 6.07) is 0. The van der Waals surface area contributed by atoms with E-state index in [1.54, 1.807) is 25.2 Å². The fourth-order valence-corrected chi connectivity index (χ4v) is 1.39. The average Bonchev–Trinajstić information content (AvgIpc) is 2.27. The van der Waals surface area contributed by atoms with Crippen molar-refractivity contribution in [2.24, 2.45) is 5.92 Å². The van der Waals surface area contributed by atoms with Crippen LogP contribution in [-0.2, 0) is 0 Å². The molecule has 0 atom stereocenters. The monoisotopic (exact) mass is 222 g/mol. The summed E-state index contributed by atoms with van der Waals surface area (Å²) < 4.78 is 0. The van der Waals surface area contributed by atoms with Gasteiger partial charge < -0.3 is 10.2 Å². The smallest absolute Gasteiger partial charge is 0.273 e. The molecule has 1 aromatic heterocycles. The molecular weight excluding hydrogens is 204 g/mol. The number of hydrogen-bond donors (Lipinski definition) is 1. The lowest BCUT2D eigenvalue weighted by Gasteiger charge is -2.18. The molecule has 0 aromatic carbocycles. The molecule has 0 aliphatic carbocycles. The van der Waals surface area contributed by atoms with Gasteiger partial charge in [0.15, 0.2) is 0 Å². The van der Waals surface area contributed by atoms with Crippen LogP contribution in [0.3, 0.4) is 0 Å². The number of hydrogen-bond acceptors (Lipinski definition) is 4. The van der Waals surface area contributed by atoms with Gasteiger partial charge in [-0.1, -0.05) is 13.8 Å². The van der Waals surface area contributed by atoms with E-state index < -0.39 is 0 Å². The van der Waals surface area contributed by atoms with Crippen molar-refractivity contribution in [2.45, 2.75) is 13.8 Å². The third-order valence-corrected chi connectivity index (χ3v) is 2.11. The van der Waals surface area contributed by atoms with E-state index in [1.165, 1.54) is 6.20 Å². The fraction of sp³-hybridized carbons (Fsp3) is 0.545. The Bertz CT molecular complexity index is 348. The van der Waals surface area contributed by atoms with Gasteiger partial charge in [-0.15, -0.1) is 0 Å². The Kier molecular flexibility index (Phi) is 4.22. The van der Waals surface area contributed by atoms with E-state index in [4.69, 9.17) is 0 Å². The van der Waals surface area contributed by atoms with E-state index in [-0.39, 0.29) is 5.91 Å². The maximum absolute atomic E-state index is 11.9. The van der Waals surface area contributed by atoms with Gasteiger partial charge in [-0.05, 0) is 5.92 Å². The van der Waals surface area contributed by atoms with Crippen LogP contribution < -0.4 is 5.32 Å². The summed E-state index contributed by atoms with van der Waals surface area (Å²) in [4.78, 5) is 21.7. The highest BCUT2D eigenvalue weighted by atomic mass is 16.2. The molecule has 0 unspecified atom stereocenters. The lowest BCUT2D eigenvalue weighted by molar-refractivity contribution is 0.0773. The van der Waals surface area contributed by atoms with Gasteiger partial charge in [0, 0.05) is 20.6 Å². The van der Waals surface area contributed by atoms with Gasteiger partial charge in [0.2, 0.25) is 0 Å². The number of anilines is 1. The minimum atomic E-state index is -0.0937. The maximum Gasteiger partial charge on any atom is 0.273 e. The molecule has 0 spiro atoms. The third kappa shape index (κ3) is 3.18. The van der Waals surface area contributed by atoms with Crippen LogP contribution in [0.4, 0.5) is 5.82 Å². The molecule has 1 rings (SSSR count). The number of rotatable bonds is 4. The lowest BCUT2D eigenvalue weighted by Crippen LogP contribution is -2.31. The molecule has 88 valence electrons. The molecule has 0 bridgehead atoms. The molecule has 0 aliphatic rings. The first-order valence-electron chi connectivity index (χ1n) is 5.30. The van der Waals surface area contributed by atoms with E-state index >= 15 is 0 Å². The van der Waals surface area contributed by atoms with Crippen LogP contribution in [0, 0.1) is 5.92 Å².